The predicted octanol–water partition coefficient (Wildman–Crippen LogP) is 2.92. The van der Waals surface area contributed by atoms with E-state index in [0.29, 0.717) is 0 Å². The first-order chi connectivity index (χ1) is 8.75. The molecular formula is C11H10F4N2O2. The summed E-state index contributed by atoms with van der Waals surface area (Å²) in [6.45, 7) is -0.186. The highest BCUT2D eigenvalue weighted by Gasteiger charge is 2.62. The first-order valence-corrected chi connectivity index (χ1v) is 5.50. The molecule has 1 N–H and O–H groups in total. The molecule has 0 bridgehead atoms. The van der Waals surface area contributed by atoms with E-state index in [1.54, 1.807) is 0 Å². The van der Waals surface area contributed by atoms with Gasteiger partial charge in [0, 0.05) is 12.6 Å². The summed E-state index contributed by atoms with van der Waals surface area (Å²) in [5.74, 6) is -1.05. The van der Waals surface area contributed by atoms with Crippen molar-refractivity contribution in [1.82, 2.24) is 5.32 Å². The van der Waals surface area contributed by atoms with E-state index in [4.69, 9.17) is 0 Å². The van der Waals surface area contributed by atoms with Gasteiger partial charge in [0.1, 0.15) is 5.54 Å². The van der Waals surface area contributed by atoms with Gasteiger partial charge in [-0.15, -0.1) is 0 Å². The van der Waals surface area contributed by atoms with Gasteiger partial charge in [-0.05, 0) is 24.5 Å². The van der Waals surface area contributed by atoms with Crippen molar-refractivity contribution in [3.63, 3.8) is 0 Å². The van der Waals surface area contributed by atoms with Crippen LogP contribution in [0.1, 0.15) is 18.4 Å². The SMILES string of the molecule is O=[N+]([O-])c1ccc(CNC2(C(F)(F)F)CC2)cc1F. The molecule has 4 nitrogen and oxygen atoms in total. The number of nitrogens with one attached hydrogen (secondary N) is 1. The van der Waals surface area contributed by atoms with E-state index in [1.807, 2.05) is 0 Å². The maximum Gasteiger partial charge on any atom is 0.406 e. The van der Waals surface area contributed by atoms with E-state index >= 15 is 0 Å². The monoisotopic (exact) mass is 278 g/mol. The predicted molar refractivity (Wildman–Crippen MR) is 57.9 cm³/mol. The molecule has 19 heavy (non-hydrogen) atoms. The highest BCUT2D eigenvalue weighted by Crippen LogP contribution is 2.49. The van der Waals surface area contributed by atoms with E-state index in [1.165, 1.54) is 6.07 Å². The van der Waals surface area contributed by atoms with Gasteiger partial charge in [-0.3, -0.25) is 15.4 Å². The highest BCUT2D eigenvalue weighted by atomic mass is 19.4. The lowest BCUT2D eigenvalue weighted by atomic mass is 10.1. The Balaban J connectivity index is 2.05. The molecule has 1 saturated carbocycles. The average Bonchev–Trinajstić information content (AvgIpc) is 3.06. The molecule has 1 fully saturated rings. The van der Waals surface area contributed by atoms with Crippen LogP contribution in [0.15, 0.2) is 18.2 Å². The van der Waals surface area contributed by atoms with E-state index in [-0.39, 0.29) is 24.9 Å². The molecule has 0 amide bonds. The Morgan fingerprint density at radius 2 is 2.00 bits per heavy atom. The number of hydrogen-bond donors (Lipinski definition) is 1. The van der Waals surface area contributed by atoms with Gasteiger partial charge in [0.25, 0.3) is 0 Å². The maximum atomic E-state index is 13.3. The molecule has 104 valence electrons. The normalized spacial score (nSPS) is 17.3. The molecule has 1 aromatic rings. The van der Waals surface area contributed by atoms with Crippen LogP contribution in [0.3, 0.4) is 0 Å². The van der Waals surface area contributed by atoms with E-state index in [2.05, 4.69) is 5.32 Å². The lowest BCUT2D eigenvalue weighted by Crippen LogP contribution is -2.44. The van der Waals surface area contributed by atoms with Crippen molar-refractivity contribution in [1.29, 1.82) is 0 Å². The van der Waals surface area contributed by atoms with Crippen molar-refractivity contribution in [2.24, 2.45) is 0 Å². The molecule has 0 radical (unpaired) electrons. The van der Waals surface area contributed by atoms with Gasteiger partial charge in [-0.2, -0.15) is 17.6 Å². The zero-order valence-corrected chi connectivity index (χ0v) is 9.63. The van der Waals surface area contributed by atoms with E-state index < -0.39 is 28.1 Å². The Bertz CT molecular complexity index is 512. The fourth-order valence-electron chi connectivity index (χ4n) is 1.77. The van der Waals surface area contributed by atoms with Gasteiger partial charge in [-0.25, -0.2) is 0 Å². The van der Waals surface area contributed by atoms with Crippen molar-refractivity contribution >= 4 is 5.69 Å². The smallest absolute Gasteiger partial charge is 0.299 e. The number of rotatable bonds is 4. The summed E-state index contributed by atoms with van der Waals surface area (Å²) in [4.78, 5) is 9.51. The van der Waals surface area contributed by atoms with E-state index in [9.17, 15) is 27.7 Å². The fourth-order valence-corrected chi connectivity index (χ4v) is 1.77. The third kappa shape index (κ3) is 2.67. The molecule has 1 aromatic carbocycles. The standard InChI is InChI=1S/C11H10F4N2O2/c12-8-5-7(1-2-9(8)17(18)19)6-16-10(3-4-10)11(13,14)15/h1-2,5,16H,3-4,6H2. The lowest BCUT2D eigenvalue weighted by molar-refractivity contribution is -0.387. The topological polar surface area (TPSA) is 55.2 Å². The molecule has 0 atom stereocenters. The summed E-state index contributed by atoms with van der Waals surface area (Å²) in [6.07, 6.45) is -4.36. The second-order valence-corrected chi connectivity index (χ2v) is 4.48. The summed E-state index contributed by atoms with van der Waals surface area (Å²) >= 11 is 0. The van der Waals surface area contributed by atoms with Crippen molar-refractivity contribution in [2.75, 3.05) is 0 Å². The summed E-state index contributed by atoms with van der Waals surface area (Å²) in [6, 6.07) is 3.05. The van der Waals surface area contributed by atoms with Crippen LogP contribution in [0.2, 0.25) is 0 Å². The Morgan fingerprint density at radius 1 is 1.37 bits per heavy atom. The lowest BCUT2D eigenvalue weighted by Gasteiger charge is -2.20. The molecule has 0 unspecified atom stereocenters. The van der Waals surface area contributed by atoms with Crippen LogP contribution in [0, 0.1) is 15.9 Å². The minimum absolute atomic E-state index is 0.00797. The Morgan fingerprint density at radius 3 is 2.42 bits per heavy atom. The Hall–Kier alpha value is -1.70. The summed E-state index contributed by atoms with van der Waals surface area (Å²) in [7, 11) is 0. The third-order valence-electron chi connectivity index (χ3n) is 3.13. The molecule has 1 aliphatic rings. The number of alkyl halides is 3. The maximum absolute atomic E-state index is 13.3. The molecule has 0 spiro atoms. The van der Waals surface area contributed by atoms with Gasteiger partial charge in [0.15, 0.2) is 0 Å². The molecule has 0 heterocycles. The molecule has 1 aliphatic carbocycles. The second-order valence-electron chi connectivity index (χ2n) is 4.48. The minimum Gasteiger partial charge on any atom is -0.299 e. The summed E-state index contributed by atoms with van der Waals surface area (Å²) in [5.41, 5.74) is -2.34. The van der Waals surface area contributed by atoms with Crippen LogP contribution in [-0.4, -0.2) is 16.6 Å². The van der Waals surface area contributed by atoms with Crippen LogP contribution < -0.4 is 5.32 Å². The van der Waals surface area contributed by atoms with Crippen LogP contribution in [0.4, 0.5) is 23.2 Å². The van der Waals surface area contributed by atoms with Crippen LogP contribution in [0.5, 0.6) is 0 Å². The van der Waals surface area contributed by atoms with Gasteiger partial charge in [0.05, 0.1) is 4.92 Å². The van der Waals surface area contributed by atoms with Gasteiger partial charge < -0.3 is 0 Å². The van der Waals surface area contributed by atoms with Crippen LogP contribution in [0.25, 0.3) is 0 Å². The summed E-state index contributed by atoms with van der Waals surface area (Å²) in [5, 5.41) is 12.7. The van der Waals surface area contributed by atoms with Crippen molar-refractivity contribution < 1.29 is 22.5 Å². The first-order valence-electron chi connectivity index (χ1n) is 5.50. The number of nitrogens with zero attached hydrogens (tertiary/aromatic N) is 1. The number of nitro groups is 1. The second kappa shape index (κ2) is 4.44. The molecule has 2 rings (SSSR count). The largest absolute Gasteiger partial charge is 0.406 e. The first kappa shape index (κ1) is 13.7. The fraction of sp³-hybridized carbons (Fsp3) is 0.455. The van der Waals surface area contributed by atoms with Gasteiger partial charge >= 0.3 is 11.9 Å². The number of hydrogen-bond acceptors (Lipinski definition) is 3. The van der Waals surface area contributed by atoms with Crippen molar-refractivity contribution in [2.45, 2.75) is 31.1 Å². The van der Waals surface area contributed by atoms with Gasteiger partial charge in [0.2, 0.25) is 5.82 Å². The zero-order chi connectivity index (χ0) is 14.3. The highest BCUT2D eigenvalue weighted by molar-refractivity contribution is 5.35. The van der Waals surface area contributed by atoms with Gasteiger partial charge in [-0.1, -0.05) is 6.07 Å². The molecular weight excluding hydrogens is 268 g/mol. The molecule has 0 aliphatic heterocycles. The quantitative estimate of drug-likeness (QED) is 0.523. The van der Waals surface area contributed by atoms with E-state index in [0.717, 1.165) is 12.1 Å². The summed E-state index contributed by atoms with van der Waals surface area (Å²) < 4.78 is 51.1. The van der Waals surface area contributed by atoms with Crippen molar-refractivity contribution in [3.8, 4) is 0 Å². The molecule has 8 heteroatoms. The van der Waals surface area contributed by atoms with Crippen molar-refractivity contribution in [3.05, 3.63) is 39.7 Å². The number of benzene rings is 1. The van der Waals surface area contributed by atoms with Crippen LogP contribution in [-0.2, 0) is 6.54 Å². The zero-order valence-electron chi connectivity index (χ0n) is 9.63. The molecule has 0 saturated heterocycles. The third-order valence-corrected chi connectivity index (χ3v) is 3.13. The number of halogens is 4. The Labute approximate surface area is 105 Å². The number of nitro benzene ring substituents is 1. The average molecular weight is 278 g/mol. The minimum atomic E-state index is -4.34. The molecule has 0 aromatic heterocycles. The van der Waals surface area contributed by atoms with Crippen LogP contribution >= 0.6 is 0 Å². The Kier molecular flexibility index (Phi) is 3.21.